The van der Waals surface area contributed by atoms with E-state index in [9.17, 15) is 14.9 Å². The molecule has 34 heavy (non-hydrogen) atoms. The Balaban J connectivity index is 1.70. The number of rotatable bonds is 7. The molecule has 1 aromatic heterocycles. The normalized spacial score (nSPS) is 17.8. The number of carbonyl (C=O) groups excluding carboxylic acids is 2. The van der Waals surface area contributed by atoms with Crippen LogP contribution >= 0.6 is 11.3 Å². The number of anilines is 1. The molecular weight excluding hydrogens is 444 g/mol. The van der Waals surface area contributed by atoms with Crippen LogP contribution in [0.3, 0.4) is 0 Å². The van der Waals surface area contributed by atoms with Gasteiger partial charge in [-0.3, -0.25) is 4.79 Å². The molecule has 1 aliphatic carbocycles. The number of hydrogen-bond donors (Lipinski definition) is 1. The second kappa shape index (κ2) is 10.2. The average molecular weight is 473 g/mol. The van der Waals surface area contributed by atoms with E-state index in [1.54, 1.807) is 6.92 Å². The quantitative estimate of drug-likeness (QED) is 0.427. The van der Waals surface area contributed by atoms with Gasteiger partial charge in [-0.1, -0.05) is 67.6 Å². The first kappa shape index (κ1) is 23.7. The van der Waals surface area contributed by atoms with Gasteiger partial charge in [0.25, 0.3) is 0 Å². The highest BCUT2D eigenvalue weighted by atomic mass is 32.1. The van der Waals surface area contributed by atoms with Gasteiger partial charge in [0.1, 0.15) is 5.00 Å². The molecule has 2 aromatic carbocycles. The Hall–Kier alpha value is -3.43. The first-order valence-electron chi connectivity index (χ1n) is 11.7. The summed E-state index contributed by atoms with van der Waals surface area (Å²) in [5.74, 6) is -0.891. The largest absolute Gasteiger partial charge is 0.462 e. The zero-order valence-electron chi connectivity index (χ0n) is 19.5. The fraction of sp³-hybridized carbons (Fsp3) is 0.321. The van der Waals surface area contributed by atoms with Gasteiger partial charge in [0.15, 0.2) is 0 Å². The Labute approximate surface area is 204 Å². The summed E-state index contributed by atoms with van der Waals surface area (Å²) in [6, 6.07) is 22.0. The molecule has 0 unspecified atom stereocenters. The summed E-state index contributed by atoms with van der Waals surface area (Å²) in [6.45, 7) is 4.00. The maximum atomic E-state index is 13.3. The number of esters is 1. The van der Waals surface area contributed by atoms with Crippen molar-refractivity contribution in [2.75, 3.05) is 11.9 Å². The third-order valence-electron chi connectivity index (χ3n) is 6.54. The van der Waals surface area contributed by atoms with Crippen molar-refractivity contribution >= 4 is 28.2 Å². The Morgan fingerprint density at radius 3 is 2.41 bits per heavy atom. The van der Waals surface area contributed by atoms with E-state index in [0.717, 1.165) is 21.6 Å². The fourth-order valence-electron chi connectivity index (χ4n) is 4.75. The van der Waals surface area contributed by atoms with Crippen molar-refractivity contribution in [3.05, 3.63) is 87.8 Å². The first-order valence-corrected chi connectivity index (χ1v) is 12.5. The summed E-state index contributed by atoms with van der Waals surface area (Å²) < 4.78 is 5.36. The number of ether oxygens (including phenoxy) is 1. The number of hydrogen-bond acceptors (Lipinski definition) is 5. The molecule has 0 saturated carbocycles. The molecule has 174 valence electrons. The van der Waals surface area contributed by atoms with E-state index in [1.807, 2.05) is 67.6 Å². The highest BCUT2D eigenvalue weighted by molar-refractivity contribution is 7.17. The monoisotopic (exact) mass is 472 g/mol. The number of thiophene rings is 1. The van der Waals surface area contributed by atoms with Crippen LogP contribution in [-0.2, 0) is 27.8 Å². The lowest BCUT2D eigenvalue weighted by Gasteiger charge is -2.31. The molecule has 4 rings (SSSR count). The second-order valence-electron chi connectivity index (χ2n) is 8.53. The minimum atomic E-state index is -0.650. The van der Waals surface area contributed by atoms with Crippen LogP contribution in [0.1, 0.15) is 64.5 Å². The summed E-state index contributed by atoms with van der Waals surface area (Å²) in [5, 5.41) is 13.7. The maximum absolute atomic E-state index is 13.3. The summed E-state index contributed by atoms with van der Waals surface area (Å²) in [7, 11) is 0. The lowest BCUT2D eigenvalue weighted by molar-refractivity contribution is -0.117. The van der Waals surface area contributed by atoms with Gasteiger partial charge >= 0.3 is 5.97 Å². The van der Waals surface area contributed by atoms with Crippen LogP contribution in [0.2, 0.25) is 0 Å². The van der Waals surface area contributed by atoms with E-state index in [-0.39, 0.29) is 18.4 Å². The predicted molar refractivity (Wildman–Crippen MR) is 134 cm³/mol. The molecule has 0 saturated heterocycles. The zero-order chi connectivity index (χ0) is 24.1. The lowest BCUT2D eigenvalue weighted by Crippen LogP contribution is -2.31. The van der Waals surface area contributed by atoms with Crippen LogP contribution < -0.4 is 5.32 Å². The SMILES string of the molecule is CCOC(=O)c1c(NC(=O)[C@@H](CC)c2ccccc2)sc2c1CC[C@@](C#N)(c1ccccc1)C2. The van der Waals surface area contributed by atoms with Gasteiger partial charge in [0.2, 0.25) is 5.91 Å². The molecule has 0 aliphatic heterocycles. The van der Waals surface area contributed by atoms with Crippen molar-refractivity contribution < 1.29 is 14.3 Å². The van der Waals surface area contributed by atoms with Crippen molar-refractivity contribution in [1.29, 1.82) is 5.26 Å². The first-order chi connectivity index (χ1) is 16.5. The molecule has 0 bridgehead atoms. The van der Waals surface area contributed by atoms with Crippen LogP contribution in [0.4, 0.5) is 5.00 Å². The van der Waals surface area contributed by atoms with Crippen molar-refractivity contribution in [1.82, 2.24) is 0 Å². The smallest absolute Gasteiger partial charge is 0.341 e. The summed E-state index contributed by atoms with van der Waals surface area (Å²) in [4.78, 5) is 27.2. The van der Waals surface area contributed by atoms with E-state index in [1.165, 1.54) is 11.3 Å². The number of carbonyl (C=O) groups is 2. The molecule has 1 N–H and O–H groups in total. The zero-order valence-corrected chi connectivity index (χ0v) is 20.3. The molecule has 0 fully saturated rings. The van der Waals surface area contributed by atoms with Crippen LogP contribution in [0.25, 0.3) is 0 Å². The summed E-state index contributed by atoms with van der Waals surface area (Å²) in [6.07, 6.45) is 2.33. The van der Waals surface area contributed by atoms with Crippen LogP contribution in [0, 0.1) is 11.3 Å². The molecule has 1 amide bonds. The summed E-state index contributed by atoms with van der Waals surface area (Å²) >= 11 is 1.40. The molecule has 0 spiro atoms. The topological polar surface area (TPSA) is 79.2 Å². The molecular formula is C28H28N2O3S. The minimum Gasteiger partial charge on any atom is -0.462 e. The Morgan fingerprint density at radius 2 is 1.79 bits per heavy atom. The second-order valence-corrected chi connectivity index (χ2v) is 9.63. The third kappa shape index (κ3) is 4.49. The van der Waals surface area contributed by atoms with Gasteiger partial charge in [-0.2, -0.15) is 5.26 Å². The van der Waals surface area contributed by atoms with Crippen LogP contribution in [-0.4, -0.2) is 18.5 Å². The van der Waals surface area contributed by atoms with Crippen molar-refractivity contribution in [3.63, 3.8) is 0 Å². The van der Waals surface area contributed by atoms with Gasteiger partial charge in [-0.25, -0.2) is 4.79 Å². The van der Waals surface area contributed by atoms with Gasteiger partial charge in [0.05, 0.1) is 29.6 Å². The minimum absolute atomic E-state index is 0.146. The molecule has 5 nitrogen and oxygen atoms in total. The predicted octanol–water partition coefficient (Wildman–Crippen LogP) is 6.01. The number of amides is 1. The number of nitrogens with zero attached hydrogens (tertiary/aromatic N) is 1. The Kier molecular flexibility index (Phi) is 7.14. The number of nitriles is 1. The molecule has 0 radical (unpaired) electrons. The Bertz CT molecular complexity index is 1210. The lowest BCUT2D eigenvalue weighted by atomic mass is 9.70. The molecule has 3 aromatic rings. The third-order valence-corrected chi connectivity index (χ3v) is 7.69. The summed E-state index contributed by atoms with van der Waals surface area (Å²) in [5.41, 5.74) is 2.61. The molecule has 6 heteroatoms. The van der Waals surface area contributed by atoms with Crippen molar-refractivity contribution in [3.8, 4) is 6.07 Å². The van der Waals surface area contributed by atoms with Gasteiger partial charge < -0.3 is 10.1 Å². The van der Waals surface area contributed by atoms with Gasteiger partial charge in [-0.05, 0) is 42.9 Å². The van der Waals surface area contributed by atoms with Gasteiger partial charge in [0, 0.05) is 11.3 Å². The Morgan fingerprint density at radius 1 is 1.12 bits per heavy atom. The van der Waals surface area contributed by atoms with E-state index in [0.29, 0.717) is 36.2 Å². The fourth-order valence-corrected chi connectivity index (χ4v) is 6.10. The number of fused-ring (bicyclic) bond motifs is 1. The average Bonchev–Trinajstić information content (AvgIpc) is 3.22. The van der Waals surface area contributed by atoms with Gasteiger partial charge in [-0.15, -0.1) is 11.3 Å². The van der Waals surface area contributed by atoms with Crippen LogP contribution in [0.15, 0.2) is 60.7 Å². The van der Waals surface area contributed by atoms with E-state index >= 15 is 0 Å². The van der Waals surface area contributed by atoms with Crippen molar-refractivity contribution in [2.45, 2.75) is 50.9 Å². The standard InChI is InChI=1S/C28H28N2O3S/c1-3-21(19-11-7-5-8-12-19)25(31)30-26-24(27(32)33-4-2)22-15-16-28(18-29,17-23(22)34-26)20-13-9-6-10-14-20/h5-14,21H,3-4,15-17H2,1-2H3,(H,30,31)/t21-,28+/m0/s1. The number of benzene rings is 2. The number of nitrogens with one attached hydrogen (secondary N) is 1. The van der Waals surface area contributed by atoms with E-state index < -0.39 is 11.4 Å². The highest BCUT2D eigenvalue weighted by Crippen LogP contribution is 2.45. The highest BCUT2D eigenvalue weighted by Gasteiger charge is 2.40. The van der Waals surface area contributed by atoms with E-state index in [2.05, 4.69) is 11.4 Å². The van der Waals surface area contributed by atoms with Crippen molar-refractivity contribution in [2.24, 2.45) is 0 Å². The maximum Gasteiger partial charge on any atom is 0.341 e. The van der Waals surface area contributed by atoms with E-state index in [4.69, 9.17) is 4.74 Å². The molecule has 2 atom stereocenters. The molecule has 1 heterocycles. The molecule has 1 aliphatic rings. The van der Waals surface area contributed by atoms with Crippen LogP contribution in [0.5, 0.6) is 0 Å².